The van der Waals surface area contributed by atoms with Crippen LogP contribution in [0.25, 0.3) is 0 Å². The molecule has 0 atom stereocenters. The Balaban J connectivity index is 2.51. The third-order valence-corrected chi connectivity index (χ3v) is 3.13. The summed E-state index contributed by atoms with van der Waals surface area (Å²) in [7, 11) is 1.66. The molecule has 0 unspecified atom stereocenters. The van der Waals surface area contributed by atoms with Crippen molar-refractivity contribution in [1.82, 2.24) is 0 Å². The molecule has 2 nitrogen and oxygen atoms in total. The number of ether oxygens (including phenoxy) is 1. The minimum Gasteiger partial charge on any atom is -0.385 e. The lowest BCUT2D eigenvalue weighted by Crippen LogP contribution is -2.01. The molecule has 0 aliphatic rings. The number of Topliss-reactive ketones (excluding diaryl/α,β-unsaturated/α-hetero) is 1. The van der Waals surface area contributed by atoms with Crippen molar-refractivity contribution in [3.05, 3.63) is 21.9 Å². The second-order valence-electron chi connectivity index (χ2n) is 3.15. The fourth-order valence-corrected chi connectivity index (χ4v) is 2.32. The average molecular weight is 212 g/mol. The maximum atomic E-state index is 11.7. The van der Waals surface area contributed by atoms with Crippen LogP contribution >= 0.6 is 11.3 Å². The lowest BCUT2D eigenvalue weighted by molar-refractivity contribution is 0.0966. The first kappa shape index (κ1) is 11.4. The van der Waals surface area contributed by atoms with Crippen LogP contribution in [-0.2, 0) is 11.2 Å². The zero-order valence-corrected chi connectivity index (χ0v) is 9.52. The first-order chi connectivity index (χ1) is 6.79. The quantitative estimate of drug-likeness (QED) is 0.535. The zero-order chi connectivity index (χ0) is 10.4. The highest BCUT2D eigenvalue weighted by molar-refractivity contribution is 7.12. The van der Waals surface area contributed by atoms with E-state index in [9.17, 15) is 4.79 Å². The Morgan fingerprint density at radius 3 is 3.00 bits per heavy atom. The van der Waals surface area contributed by atoms with Crippen LogP contribution in [0.5, 0.6) is 0 Å². The molecule has 78 valence electrons. The highest BCUT2D eigenvalue weighted by atomic mass is 32.1. The van der Waals surface area contributed by atoms with Crippen molar-refractivity contribution in [2.24, 2.45) is 0 Å². The molecule has 0 aromatic carbocycles. The molecule has 0 saturated carbocycles. The molecule has 0 spiro atoms. The van der Waals surface area contributed by atoms with Crippen LogP contribution in [-0.4, -0.2) is 19.5 Å². The van der Waals surface area contributed by atoms with Gasteiger partial charge in [0, 0.05) is 20.1 Å². The number of aryl methyl sites for hydroxylation is 1. The summed E-state index contributed by atoms with van der Waals surface area (Å²) in [4.78, 5) is 12.6. The van der Waals surface area contributed by atoms with Gasteiger partial charge >= 0.3 is 0 Å². The monoisotopic (exact) mass is 212 g/mol. The zero-order valence-electron chi connectivity index (χ0n) is 8.71. The van der Waals surface area contributed by atoms with Crippen LogP contribution in [0.4, 0.5) is 0 Å². The van der Waals surface area contributed by atoms with E-state index in [-0.39, 0.29) is 5.78 Å². The maximum absolute atomic E-state index is 11.7. The van der Waals surface area contributed by atoms with E-state index in [2.05, 4.69) is 6.92 Å². The molecule has 0 aliphatic heterocycles. The summed E-state index contributed by atoms with van der Waals surface area (Å²) >= 11 is 1.55. The molecular weight excluding hydrogens is 196 g/mol. The van der Waals surface area contributed by atoms with Gasteiger partial charge in [0.15, 0.2) is 5.78 Å². The van der Waals surface area contributed by atoms with E-state index in [0.717, 1.165) is 17.7 Å². The Hall–Kier alpha value is -0.670. The number of carbonyl (C=O) groups is 1. The fraction of sp³-hybridized carbons (Fsp3) is 0.545. The molecule has 0 amide bonds. The van der Waals surface area contributed by atoms with Gasteiger partial charge in [0.05, 0.1) is 4.88 Å². The van der Waals surface area contributed by atoms with E-state index in [4.69, 9.17) is 4.74 Å². The minimum absolute atomic E-state index is 0.258. The van der Waals surface area contributed by atoms with Crippen LogP contribution < -0.4 is 0 Å². The summed E-state index contributed by atoms with van der Waals surface area (Å²) in [6, 6.07) is 2.04. The van der Waals surface area contributed by atoms with Crippen LogP contribution in [0.15, 0.2) is 11.4 Å². The molecule has 14 heavy (non-hydrogen) atoms. The van der Waals surface area contributed by atoms with E-state index < -0.39 is 0 Å². The third kappa shape index (κ3) is 2.93. The number of carbonyl (C=O) groups excluding carboxylic acids is 1. The summed E-state index contributed by atoms with van der Waals surface area (Å²) in [5.74, 6) is 0.258. The van der Waals surface area contributed by atoms with Crippen LogP contribution in [0.3, 0.4) is 0 Å². The van der Waals surface area contributed by atoms with E-state index in [1.807, 2.05) is 11.4 Å². The summed E-state index contributed by atoms with van der Waals surface area (Å²) in [6.45, 7) is 2.74. The number of rotatable bonds is 6. The molecule has 0 fully saturated rings. The Morgan fingerprint density at radius 1 is 1.57 bits per heavy atom. The Kier molecular flexibility index (Phi) is 4.84. The number of ketones is 1. The van der Waals surface area contributed by atoms with Gasteiger partial charge in [-0.05, 0) is 29.9 Å². The molecule has 0 aliphatic carbocycles. The Morgan fingerprint density at radius 2 is 2.36 bits per heavy atom. The van der Waals surface area contributed by atoms with Crippen LogP contribution in [0.1, 0.15) is 35.0 Å². The van der Waals surface area contributed by atoms with Gasteiger partial charge < -0.3 is 4.74 Å². The number of hydrogen-bond donors (Lipinski definition) is 0. The molecule has 0 radical (unpaired) electrons. The van der Waals surface area contributed by atoms with Gasteiger partial charge in [-0.2, -0.15) is 0 Å². The van der Waals surface area contributed by atoms with Gasteiger partial charge in [-0.25, -0.2) is 0 Å². The Labute approximate surface area is 88.9 Å². The van der Waals surface area contributed by atoms with E-state index >= 15 is 0 Å². The lowest BCUT2D eigenvalue weighted by Gasteiger charge is -2.00. The van der Waals surface area contributed by atoms with Crippen molar-refractivity contribution < 1.29 is 9.53 Å². The van der Waals surface area contributed by atoms with Gasteiger partial charge in [-0.1, -0.05) is 6.92 Å². The van der Waals surface area contributed by atoms with E-state index in [0.29, 0.717) is 13.0 Å². The lowest BCUT2D eigenvalue weighted by atomic mass is 10.1. The van der Waals surface area contributed by atoms with Crippen molar-refractivity contribution >= 4 is 17.1 Å². The summed E-state index contributed by atoms with van der Waals surface area (Å²) < 4.78 is 4.92. The van der Waals surface area contributed by atoms with Crippen molar-refractivity contribution in [3.8, 4) is 0 Å². The van der Waals surface area contributed by atoms with Crippen LogP contribution in [0, 0.1) is 0 Å². The van der Waals surface area contributed by atoms with Crippen molar-refractivity contribution in [1.29, 1.82) is 0 Å². The van der Waals surface area contributed by atoms with Gasteiger partial charge in [0.25, 0.3) is 0 Å². The number of hydrogen-bond acceptors (Lipinski definition) is 3. The summed E-state index contributed by atoms with van der Waals surface area (Å²) in [5.41, 5.74) is 1.18. The normalized spacial score (nSPS) is 10.4. The average Bonchev–Trinajstić information content (AvgIpc) is 2.65. The smallest absolute Gasteiger partial charge is 0.173 e. The largest absolute Gasteiger partial charge is 0.385 e. The van der Waals surface area contributed by atoms with Crippen molar-refractivity contribution in [3.63, 3.8) is 0 Å². The van der Waals surface area contributed by atoms with Gasteiger partial charge in [0.1, 0.15) is 0 Å². The van der Waals surface area contributed by atoms with Crippen molar-refractivity contribution in [2.75, 3.05) is 13.7 Å². The Bertz CT molecular complexity index is 291. The van der Waals surface area contributed by atoms with Gasteiger partial charge in [-0.15, -0.1) is 11.3 Å². The first-order valence-corrected chi connectivity index (χ1v) is 5.76. The molecule has 0 N–H and O–H groups in total. The molecular formula is C11H16O2S. The highest BCUT2D eigenvalue weighted by Gasteiger charge is 2.10. The number of thiophene rings is 1. The standard InChI is InChI=1S/C11H16O2S/c1-3-9-6-8-14-11(9)10(12)5-4-7-13-2/h6,8H,3-5,7H2,1-2H3. The molecule has 1 rings (SSSR count). The minimum atomic E-state index is 0.258. The highest BCUT2D eigenvalue weighted by Crippen LogP contribution is 2.19. The van der Waals surface area contributed by atoms with Crippen molar-refractivity contribution in [2.45, 2.75) is 26.2 Å². The second kappa shape index (κ2) is 5.94. The molecule has 3 heteroatoms. The van der Waals surface area contributed by atoms with E-state index in [1.54, 1.807) is 18.4 Å². The molecule has 1 heterocycles. The summed E-state index contributed by atoms with van der Waals surface area (Å²) in [5, 5.41) is 1.99. The van der Waals surface area contributed by atoms with Gasteiger partial charge in [0.2, 0.25) is 0 Å². The third-order valence-electron chi connectivity index (χ3n) is 2.13. The predicted molar refractivity (Wildman–Crippen MR) is 59.1 cm³/mol. The molecule has 0 bridgehead atoms. The maximum Gasteiger partial charge on any atom is 0.173 e. The fourth-order valence-electron chi connectivity index (χ4n) is 1.35. The second-order valence-corrected chi connectivity index (χ2v) is 4.06. The SMILES string of the molecule is CCc1ccsc1C(=O)CCCOC. The van der Waals surface area contributed by atoms with Gasteiger partial charge in [-0.3, -0.25) is 4.79 Å². The van der Waals surface area contributed by atoms with E-state index in [1.165, 1.54) is 5.56 Å². The molecule has 0 saturated heterocycles. The first-order valence-electron chi connectivity index (χ1n) is 4.88. The molecule has 1 aromatic heterocycles. The molecule has 1 aromatic rings. The number of methoxy groups -OCH3 is 1. The predicted octanol–water partition coefficient (Wildman–Crippen LogP) is 2.92. The topological polar surface area (TPSA) is 26.3 Å². The summed E-state index contributed by atoms with van der Waals surface area (Å²) in [6.07, 6.45) is 2.35. The van der Waals surface area contributed by atoms with Crippen LogP contribution in [0.2, 0.25) is 0 Å².